The number of thiazole rings is 1. The summed E-state index contributed by atoms with van der Waals surface area (Å²) in [4.78, 5) is 18.4. The van der Waals surface area contributed by atoms with E-state index < -0.39 is 5.97 Å². The van der Waals surface area contributed by atoms with Crippen molar-refractivity contribution >= 4 is 17.3 Å². The van der Waals surface area contributed by atoms with Crippen LogP contribution in [0.15, 0.2) is 0 Å². The molecular weight excluding hydrogens is 236 g/mol. The third kappa shape index (κ3) is 2.84. The Bertz CT molecular complexity index is 409. The summed E-state index contributed by atoms with van der Waals surface area (Å²) in [6.45, 7) is 6.92. The molecule has 1 aliphatic carbocycles. The summed E-state index contributed by atoms with van der Waals surface area (Å²) in [5, 5.41) is 10.1. The molecule has 0 spiro atoms. The summed E-state index contributed by atoms with van der Waals surface area (Å²) in [7, 11) is 0. The van der Waals surface area contributed by atoms with Gasteiger partial charge in [-0.3, -0.25) is 4.90 Å². The van der Waals surface area contributed by atoms with Gasteiger partial charge in [0.15, 0.2) is 0 Å². The van der Waals surface area contributed by atoms with Crippen molar-refractivity contribution in [3.63, 3.8) is 0 Å². The molecule has 1 aromatic heterocycles. The van der Waals surface area contributed by atoms with E-state index in [2.05, 4.69) is 23.7 Å². The summed E-state index contributed by atoms with van der Waals surface area (Å²) in [5.74, 6) is -0.419. The molecule has 1 N–H and O–H groups in total. The highest BCUT2D eigenvalue weighted by Crippen LogP contribution is 2.42. The molecule has 1 aliphatic rings. The third-order valence-corrected chi connectivity index (χ3v) is 4.15. The maximum absolute atomic E-state index is 11.1. The minimum Gasteiger partial charge on any atom is -0.477 e. The zero-order chi connectivity index (χ0) is 12.4. The second kappa shape index (κ2) is 5.14. The van der Waals surface area contributed by atoms with Gasteiger partial charge in [-0.05, 0) is 25.9 Å². The van der Waals surface area contributed by atoms with Gasteiger partial charge in [-0.25, -0.2) is 9.78 Å². The summed E-state index contributed by atoms with van der Waals surface area (Å²) in [6.07, 6.45) is 2.18. The molecule has 0 aliphatic heterocycles. The average molecular weight is 254 g/mol. The van der Waals surface area contributed by atoms with Crippen molar-refractivity contribution in [2.75, 3.05) is 13.1 Å². The Hall–Kier alpha value is -0.940. The summed E-state index contributed by atoms with van der Waals surface area (Å²) < 4.78 is 0. The van der Waals surface area contributed by atoms with Gasteiger partial charge in [0.25, 0.3) is 0 Å². The molecule has 0 atom stereocenters. The minimum atomic E-state index is -0.824. The van der Waals surface area contributed by atoms with Gasteiger partial charge in [-0.2, -0.15) is 0 Å². The lowest BCUT2D eigenvalue weighted by Gasteiger charge is -2.15. The number of aromatic carboxylic acids is 1. The van der Waals surface area contributed by atoms with Crippen LogP contribution in [0, 0.1) is 0 Å². The third-order valence-electron chi connectivity index (χ3n) is 3.11. The molecule has 0 radical (unpaired) electrons. The van der Waals surface area contributed by atoms with Gasteiger partial charge in [-0.1, -0.05) is 13.8 Å². The Balaban J connectivity index is 2.18. The minimum absolute atomic E-state index is 0.405. The molecule has 5 heteroatoms. The normalized spacial score (nSPS) is 15.5. The highest BCUT2D eigenvalue weighted by atomic mass is 32.1. The Morgan fingerprint density at radius 2 is 2.12 bits per heavy atom. The van der Waals surface area contributed by atoms with Gasteiger partial charge >= 0.3 is 5.97 Å². The van der Waals surface area contributed by atoms with Crippen LogP contribution in [0.25, 0.3) is 0 Å². The highest BCUT2D eigenvalue weighted by Gasteiger charge is 2.32. The Kier molecular flexibility index (Phi) is 3.79. The van der Waals surface area contributed by atoms with Crippen LogP contribution in [0.5, 0.6) is 0 Å². The van der Waals surface area contributed by atoms with Crippen LogP contribution in [0.4, 0.5) is 0 Å². The molecule has 0 amide bonds. The van der Waals surface area contributed by atoms with E-state index in [0.29, 0.717) is 10.8 Å². The van der Waals surface area contributed by atoms with Crippen LogP contribution in [0.3, 0.4) is 0 Å². The molecule has 2 rings (SSSR count). The van der Waals surface area contributed by atoms with Crippen LogP contribution in [0.2, 0.25) is 0 Å². The lowest BCUT2D eigenvalue weighted by atomic mass is 10.2. The molecule has 0 aromatic carbocycles. The summed E-state index contributed by atoms with van der Waals surface area (Å²) in [5.41, 5.74) is 0.824. The average Bonchev–Trinajstić information content (AvgIpc) is 3.07. The molecule has 94 valence electrons. The number of nitrogens with zero attached hydrogens (tertiary/aromatic N) is 2. The number of carbonyl (C=O) groups is 1. The first-order valence-electron chi connectivity index (χ1n) is 6.10. The van der Waals surface area contributed by atoms with Crippen molar-refractivity contribution in [3.05, 3.63) is 15.6 Å². The van der Waals surface area contributed by atoms with Gasteiger partial charge < -0.3 is 5.11 Å². The van der Waals surface area contributed by atoms with E-state index >= 15 is 0 Å². The standard InChI is InChI=1S/C12H18N2O2S/c1-3-14(4-2)7-9-13-10(8-5-6-8)11(17-9)12(15)16/h8H,3-7H2,1-2H3,(H,15,16). The fourth-order valence-corrected chi connectivity index (χ4v) is 2.90. The number of hydrogen-bond donors (Lipinski definition) is 1. The van der Waals surface area contributed by atoms with E-state index in [0.717, 1.165) is 43.2 Å². The van der Waals surface area contributed by atoms with E-state index in [1.165, 1.54) is 11.3 Å². The predicted molar refractivity (Wildman–Crippen MR) is 67.7 cm³/mol. The molecule has 1 heterocycles. The highest BCUT2D eigenvalue weighted by molar-refractivity contribution is 7.13. The van der Waals surface area contributed by atoms with Gasteiger partial charge in [0.1, 0.15) is 9.88 Å². The zero-order valence-corrected chi connectivity index (χ0v) is 11.1. The van der Waals surface area contributed by atoms with Crippen molar-refractivity contribution in [1.82, 2.24) is 9.88 Å². The van der Waals surface area contributed by atoms with Crippen molar-refractivity contribution < 1.29 is 9.90 Å². The summed E-state index contributed by atoms with van der Waals surface area (Å²) >= 11 is 1.34. The van der Waals surface area contributed by atoms with Crippen molar-refractivity contribution in [2.24, 2.45) is 0 Å². The predicted octanol–water partition coefficient (Wildman–Crippen LogP) is 2.56. The number of hydrogen-bond acceptors (Lipinski definition) is 4. The molecule has 0 saturated heterocycles. The van der Waals surface area contributed by atoms with Gasteiger partial charge in [0, 0.05) is 5.92 Å². The van der Waals surface area contributed by atoms with Gasteiger partial charge in [-0.15, -0.1) is 11.3 Å². The number of aromatic nitrogens is 1. The van der Waals surface area contributed by atoms with E-state index in [-0.39, 0.29) is 0 Å². The second-order valence-electron chi connectivity index (χ2n) is 4.36. The zero-order valence-electron chi connectivity index (χ0n) is 10.3. The molecule has 1 saturated carbocycles. The number of rotatable bonds is 6. The number of carboxylic acids is 1. The van der Waals surface area contributed by atoms with Crippen molar-refractivity contribution in [1.29, 1.82) is 0 Å². The van der Waals surface area contributed by atoms with Crippen LogP contribution >= 0.6 is 11.3 Å². The fourth-order valence-electron chi connectivity index (χ4n) is 1.87. The maximum atomic E-state index is 11.1. The first kappa shape index (κ1) is 12.5. The van der Waals surface area contributed by atoms with Crippen molar-refractivity contribution in [2.45, 2.75) is 39.2 Å². The molecule has 0 unspecified atom stereocenters. The fraction of sp³-hybridized carbons (Fsp3) is 0.667. The monoisotopic (exact) mass is 254 g/mol. The van der Waals surface area contributed by atoms with E-state index in [1.807, 2.05) is 0 Å². The largest absolute Gasteiger partial charge is 0.477 e. The quantitative estimate of drug-likeness (QED) is 0.847. The Morgan fingerprint density at radius 1 is 1.47 bits per heavy atom. The first-order chi connectivity index (χ1) is 8.15. The van der Waals surface area contributed by atoms with E-state index in [9.17, 15) is 4.79 Å². The Labute approximate surface area is 105 Å². The molecule has 4 nitrogen and oxygen atoms in total. The molecule has 17 heavy (non-hydrogen) atoms. The SMILES string of the molecule is CCN(CC)Cc1nc(C2CC2)c(C(=O)O)s1. The van der Waals surface area contributed by atoms with Crippen LogP contribution in [-0.4, -0.2) is 34.0 Å². The topological polar surface area (TPSA) is 53.4 Å². The smallest absolute Gasteiger partial charge is 0.347 e. The van der Waals surface area contributed by atoms with Gasteiger partial charge in [0.2, 0.25) is 0 Å². The molecule has 1 fully saturated rings. The lowest BCUT2D eigenvalue weighted by molar-refractivity contribution is 0.0700. The molecule has 0 bridgehead atoms. The van der Waals surface area contributed by atoms with E-state index in [4.69, 9.17) is 5.11 Å². The van der Waals surface area contributed by atoms with Gasteiger partial charge in [0.05, 0.1) is 12.2 Å². The lowest BCUT2D eigenvalue weighted by Crippen LogP contribution is -2.21. The van der Waals surface area contributed by atoms with Crippen molar-refractivity contribution in [3.8, 4) is 0 Å². The van der Waals surface area contributed by atoms with Crippen LogP contribution < -0.4 is 0 Å². The molecular formula is C12H18N2O2S. The van der Waals surface area contributed by atoms with Crippen LogP contribution in [-0.2, 0) is 6.54 Å². The Morgan fingerprint density at radius 3 is 2.59 bits per heavy atom. The first-order valence-corrected chi connectivity index (χ1v) is 6.92. The van der Waals surface area contributed by atoms with Crippen LogP contribution in [0.1, 0.15) is 53.0 Å². The second-order valence-corrected chi connectivity index (χ2v) is 5.45. The molecule has 1 aromatic rings. The van der Waals surface area contributed by atoms with E-state index in [1.54, 1.807) is 0 Å². The summed E-state index contributed by atoms with van der Waals surface area (Å²) in [6, 6.07) is 0. The maximum Gasteiger partial charge on any atom is 0.347 e. The number of carboxylic acid groups (broad SMARTS) is 1.